The van der Waals surface area contributed by atoms with Crippen LogP contribution in [0.3, 0.4) is 0 Å². The molecule has 0 saturated carbocycles. The third-order valence-corrected chi connectivity index (χ3v) is 9.91. The molecule has 2 fully saturated rings. The van der Waals surface area contributed by atoms with E-state index in [1.54, 1.807) is 13.1 Å². The molecule has 4 heterocycles. The van der Waals surface area contributed by atoms with Crippen molar-refractivity contribution < 1.29 is 16.8 Å². The monoisotopic (exact) mass is 414 g/mol. The van der Waals surface area contributed by atoms with Crippen molar-refractivity contribution in [3.05, 3.63) is 17.5 Å². The number of piperidine rings is 1. The van der Waals surface area contributed by atoms with Gasteiger partial charge in [-0.1, -0.05) is 6.92 Å². The molecule has 1 aromatic heterocycles. The Bertz CT molecular complexity index is 948. The second-order valence-electron chi connectivity index (χ2n) is 7.94. The largest absolute Gasteiger partial charge is 0.341 e. The molecule has 4 rings (SSSR count). The third kappa shape index (κ3) is 3.36. The van der Waals surface area contributed by atoms with E-state index >= 15 is 0 Å². The molecule has 10 heteroatoms. The summed E-state index contributed by atoms with van der Waals surface area (Å²) < 4.78 is 51.4. The van der Waals surface area contributed by atoms with Crippen molar-refractivity contribution >= 4 is 25.8 Å². The van der Waals surface area contributed by atoms with Crippen LogP contribution in [-0.2, 0) is 25.6 Å². The normalized spacial score (nSPS) is 30.7. The van der Waals surface area contributed by atoms with Gasteiger partial charge in [0.2, 0.25) is 16.0 Å². The van der Waals surface area contributed by atoms with Crippen LogP contribution in [0.15, 0.2) is 6.20 Å². The molecule has 3 atom stereocenters. The summed E-state index contributed by atoms with van der Waals surface area (Å²) in [5.41, 5.74) is 1.33. The van der Waals surface area contributed by atoms with Crippen LogP contribution < -0.4 is 4.90 Å². The SMILES string of the molecule is CCS(=O)(=O)N1C[C@@H]2c3nc(N4CCCC(C)C4)ncc3CS(=O)(=O)[C@@H]2C1. The Morgan fingerprint density at radius 3 is 2.74 bits per heavy atom. The summed E-state index contributed by atoms with van der Waals surface area (Å²) in [7, 11) is -6.85. The molecule has 27 heavy (non-hydrogen) atoms. The highest BCUT2D eigenvalue weighted by Gasteiger charge is 2.50. The van der Waals surface area contributed by atoms with Crippen molar-refractivity contribution in [3.63, 3.8) is 0 Å². The average molecular weight is 415 g/mol. The molecular weight excluding hydrogens is 388 g/mol. The van der Waals surface area contributed by atoms with Gasteiger partial charge in [-0.2, -0.15) is 4.31 Å². The van der Waals surface area contributed by atoms with E-state index in [-0.39, 0.29) is 24.6 Å². The zero-order valence-corrected chi connectivity index (χ0v) is 17.3. The van der Waals surface area contributed by atoms with E-state index in [1.807, 2.05) is 0 Å². The summed E-state index contributed by atoms with van der Waals surface area (Å²) in [6.07, 6.45) is 3.90. The van der Waals surface area contributed by atoms with Gasteiger partial charge in [-0.3, -0.25) is 0 Å². The molecule has 1 unspecified atom stereocenters. The van der Waals surface area contributed by atoms with Gasteiger partial charge < -0.3 is 4.90 Å². The van der Waals surface area contributed by atoms with Gasteiger partial charge >= 0.3 is 0 Å². The maximum Gasteiger partial charge on any atom is 0.225 e. The summed E-state index contributed by atoms with van der Waals surface area (Å²) >= 11 is 0. The number of rotatable bonds is 3. The summed E-state index contributed by atoms with van der Waals surface area (Å²) in [6, 6.07) is 0. The van der Waals surface area contributed by atoms with Gasteiger partial charge in [0.1, 0.15) is 0 Å². The first-order valence-corrected chi connectivity index (χ1v) is 12.8. The molecular formula is C17H26N4O4S2. The molecule has 0 amide bonds. The number of hydrogen-bond acceptors (Lipinski definition) is 7. The number of sulfone groups is 1. The van der Waals surface area contributed by atoms with E-state index < -0.39 is 31.0 Å². The molecule has 150 valence electrons. The number of fused-ring (bicyclic) bond motifs is 3. The maximum atomic E-state index is 12.7. The fourth-order valence-electron chi connectivity index (χ4n) is 4.47. The van der Waals surface area contributed by atoms with Crippen molar-refractivity contribution in [2.24, 2.45) is 5.92 Å². The van der Waals surface area contributed by atoms with Crippen molar-refractivity contribution in [3.8, 4) is 0 Å². The first-order chi connectivity index (χ1) is 12.7. The van der Waals surface area contributed by atoms with E-state index in [2.05, 4.69) is 16.8 Å². The van der Waals surface area contributed by atoms with Crippen LogP contribution in [0.2, 0.25) is 0 Å². The fraction of sp³-hybridized carbons (Fsp3) is 0.765. The van der Waals surface area contributed by atoms with Gasteiger partial charge in [-0.05, 0) is 25.7 Å². The molecule has 0 N–H and O–H groups in total. The van der Waals surface area contributed by atoms with Gasteiger partial charge in [-0.25, -0.2) is 26.8 Å². The molecule has 0 aliphatic carbocycles. The Hall–Kier alpha value is -1.26. The van der Waals surface area contributed by atoms with Crippen LogP contribution in [0.25, 0.3) is 0 Å². The molecule has 3 aliphatic rings. The molecule has 1 aromatic rings. The Kier molecular flexibility index (Phi) is 4.71. The van der Waals surface area contributed by atoms with Crippen molar-refractivity contribution in [1.29, 1.82) is 0 Å². The number of aromatic nitrogens is 2. The molecule has 8 nitrogen and oxygen atoms in total. The van der Waals surface area contributed by atoms with Crippen molar-refractivity contribution in [2.75, 3.05) is 36.8 Å². The zero-order valence-electron chi connectivity index (χ0n) is 15.7. The summed E-state index contributed by atoms with van der Waals surface area (Å²) in [5, 5.41) is -0.714. The van der Waals surface area contributed by atoms with Crippen molar-refractivity contribution in [2.45, 2.75) is 43.6 Å². The van der Waals surface area contributed by atoms with Gasteiger partial charge in [0.05, 0.1) is 22.4 Å². The summed E-state index contributed by atoms with van der Waals surface area (Å²) in [6.45, 7) is 5.78. The molecule has 2 saturated heterocycles. The predicted octanol–water partition coefficient (Wildman–Crippen LogP) is 0.759. The highest BCUT2D eigenvalue weighted by Crippen LogP contribution is 2.40. The maximum absolute atomic E-state index is 12.7. The standard InChI is InChI=1S/C17H26N4O4S2/c1-3-27(24,25)21-9-14-15(10-21)26(22,23)11-13-7-18-17(19-16(13)14)20-6-4-5-12(2)8-20/h7,12,14-15H,3-6,8-11H2,1-2H3/t12?,14-,15+/m0/s1. The highest BCUT2D eigenvalue weighted by molar-refractivity contribution is 7.91. The molecule has 3 aliphatic heterocycles. The number of anilines is 1. The topological polar surface area (TPSA) is 101 Å². The minimum atomic E-state index is -3.43. The van der Waals surface area contributed by atoms with Crippen molar-refractivity contribution in [1.82, 2.24) is 14.3 Å². The second kappa shape index (κ2) is 6.66. The lowest BCUT2D eigenvalue weighted by Gasteiger charge is -2.32. The lowest BCUT2D eigenvalue weighted by atomic mass is 9.99. The van der Waals surface area contributed by atoms with Crippen LogP contribution in [0.4, 0.5) is 5.95 Å². The zero-order chi connectivity index (χ0) is 19.4. The third-order valence-electron chi connectivity index (χ3n) is 5.99. The molecule has 0 aromatic carbocycles. The predicted molar refractivity (Wildman–Crippen MR) is 103 cm³/mol. The number of sulfonamides is 1. The van der Waals surface area contributed by atoms with E-state index in [0.29, 0.717) is 23.1 Å². The van der Waals surface area contributed by atoms with E-state index in [4.69, 9.17) is 4.98 Å². The minimum Gasteiger partial charge on any atom is -0.341 e. The van der Waals surface area contributed by atoms with E-state index in [9.17, 15) is 16.8 Å². The Morgan fingerprint density at radius 2 is 2.04 bits per heavy atom. The lowest BCUT2D eigenvalue weighted by molar-refractivity contribution is 0.441. The highest BCUT2D eigenvalue weighted by atomic mass is 32.2. The van der Waals surface area contributed by atoms with E-state index in [0.717, 1.165) is 19.5 Å². The Labute approximate surface area is 161 Å². The average Bonchev–Trinajstić information content (AvgIpc) is 3.09. The lowest BCUT2D eigenvalue weighted by Crippen LogP contribution is -2.38. The van der Waals surface area contributed by atoms with Crippen LogP contribution in [0.5, 0.6) is 0 Å². The first kappa shape index (κ1) is 19.1. The fourth-order valence-corrected chi connectivity index (χ4v) is 7.69. The Morgan fingerprint density at radius 1 is 1.26 bits per heavy atom. The molecule has 0 spiro atoms. The summed E-state index contributed by atoms with van der Waals surface area (Å²) in [5.74, 6) is 0.655. The van der Waals surface area contributed by atoms with Crippen LogP contribution >= 0.6 is 0 Å². The van der Waals surface area contributed by atoms with Gasteiger partial charge in [0.15, 0.2) is 9.84 Å². The quantitative estimate of drug-likeness (QED) is 0.720. The van der Waals surface area contributed by atoms with Gasteiger partial charge in [0, 0.05) is 43.9 Å². The van der Waals surface area contributed by atoms with Crippen LogP contribution in [-0.4, -0.2) is 68.3 Å². The van der Waals surface area contributed by atoms with Gasteiger partial charge in [0.25, 0.3) is 0 Å². The first-order valence-electron chi connectivity index (χ1n) is 9.51. The second-order valence-corrected chi connectivity index (χ2v) is 12.4. The van der Waals surface area contributed by atoms with Crippen LogP contribution in [0, 0.1) is 5.92 Å². The molecule has 0 radical (unpaired) electrons. The van der Waals surface area contributed by atoms with Crippen LogP contribution in [0.1, 0.15) is 43.9 Å². The number of hydrogen-bond donors (Lipinski definition) is 0. The van der Waals surface area contributed by atoms with Gasteiger partial charge in [-0.15, -0.1) is 0 Å². The minimum absolute atomic E-state index is 0.0277. The molecule has 0 bridgehead atoms. The smallest absolute Gasteiger partial charge is 0.225 e. The Balaban J connectivity index is 1.71. The van der Waals surface area contributed by atoms with E-state index in [1.165, 1.54) is 10.7 Å². The number of nitrogens with zero attached hydrogens (tertiary/aromatic N) is 4. The summed E-state index contributed by atoms with van der Waals surface area (Å²) in [4.78, 5) is 11.3.